The lowest BCUT2D eigenvalue weighted by Crippen LogP contribution is -2.37. The van der Waals surface area contributed by atoms with Gasteiger partial charge in [0.05, 0.1) is 12.5 Å². The van der Waals surface area contributed by atoms with Crippen molar-refractivity contribution in [2.45, 2.75) is 12.3 Å². The molecule has 18 heavy (non-hydrogen) atoms. The molecular weight excluding hydrogens is 234 g/mol. The van der Waals surface area contributed by atoms with Crippen LogP contribution in [-0.4, -0.2) is 23.5 Å². The summed E-state index contributed by atoms with van der Waals surface area (Å²) < 4.78 is 0. The van der Waals surface area contributed by atoms with E-state index in [1.807, 2.05) is 6.07 Å². The van der Waals surface area contributed by atoms with Gasteiger partial charge in [-0.3, -0.25) is 9.59 Å². The highest BCUT2D eigenvalue weighted by Crippen LogP contribution is 2.18. The maximum absolute atomic E-state index is 11.8. The van der Waals surface area contributed by atoms with Gasteiger partial charge in [0.2, 0.25) is 11.8 Å². The van der Waals surface area contributed by atoms with Crippen LogP contribution in [0.5, 0.6) is 5.75 Å². The molecule has 0 fully saturated rings. The smallest absolute Gasteiger partial charge is 0.237 e. The van der Waals surface area contributed by atoms with Crippen molar-refractivity contribution in [2.24, 2.45) is 5.73 Å². The average Bonchev–Trinajstić information content (AvgIpc) is 2.32. The molecule has 2 amide bonds. The van der Waals surface area contributed by atoms with E-state index in [0.717, 1.165) is 0 Å². The lowest BCUT2D eigenvalue weighted by atomic mass is 9.97. The minimum atomic E-state index is -1.12. The van der Waals surface area contributed by atoms with Crippen LogP contribution < -0.4 is 11.1 Å². The minimum Gasteiger partial charge on any atom is -0.508 e. The van der Waals surface area contributed by atoms with Crippen molar-refractivity contribution in [3.63, 3.8) is 0 Å². The van der Waals surface area contributed by atoms with Gasteiger partial charge in [-0.05, 0) is 17.7 Å². The Morgan fingerprint density at radius 1 is 1.39 bits per heavy atom. The van der Waals surface area contributed by atoms with Crippen molar-refractivity contribution in [2.75, 3.05) is 6.54 Å². The Hall–Kier alpha value is -2.55. The van der Waals surface area contributed by atoms with E-state index >= 15 is 0 Å². The molecule has 6 nitrogen and oxygen atoms in total. The van der Waals surface area contributed by atoms with Crippen molar-refractivity contribution in [3.8, 4) is 11.8 Å². The summed E-state index contributed by atoms with van der Waals surface area (Å²) >= 11 is 0. The summed E-state index contributed by atoms with van der Waals surface area (Å²) in [5.74, 6) is -2.42. The number of carbonyl (C=O) groups excluding carboxylic acids is 2. The van der Waals surface area contributed by atoms with E-state index in [4.69, 9.17) is 16.1 Å². The summed E-state index contributed by atoms with van der Waals surface area (Å²) in [5, 5.41) is 19.9. The van der Waals surface area contributed by atoms with Crippen LogP contribution in [0.1, 0.15) is 17.9 Å². The van der Waals surface area contributed by atoms with E-state index in [2.05, 4.69) is 5.32 Å². The minimum absolute atomic E-state index is 0.0341. The van der Waals surface area contributed by atoms with Gasteiger partial charge in [0.15, 0.2) is 0 Å². The topological polar surface area (TPSA) is 116 Å². The Morgan fingerprint density at radius 3 is 2.50 bits per heavy atom. The molecule has 0 aliphatic carbocycles. The largest absolute Gasteiger partial charge is 0.508 e. The third kappa shape index (κ3) is 3.49. The van der Waals surface area contributed by atoms with Crippen molar-refractivity contribution in [1.82, 2.24) is 5.32 Å². The van der Waals surface area contributed by atoms with E-state index in [1.165, 1.54) is 24.3 Å². The quantitative estimate of drug-likeness (QED) is 0.501. The molecule has 1 atom stereocenters. The zero-order valence-corrected chi connectivity index (χ0v) is 9.59. The second-order valence-corrected chi connectivity index (χ2v) is 3.63. The lowest BCUT2D eigenvalue weighted by molar-refractivity contribution is -0.129. The molecule has 94 valence electrons. The highest BCUT2D eigenvalue weighted by Gasteiger charge is 2.25. The summed E-state index contributed by atoms with van der Waals surface area (Å²) in [4.78, 5) is 23.1. The molecule has 0 saturated heterocycles. The van der Waals surface area contributed by atoms with Crippen LogP contribution >= 0.6 is 0 Å². The van der Waals surface area contributed by atoms with Gasteiger partial charge in [0.1, 0.15) is 11.7 Å². The Morgan fingerprint density at radius 2 is 2.00 bits per heavy atom. The third-order valence-electron chi connectivity index (χ3n) is 2.31. The van der Waals surface area contributed by atoms with Gasteiger partial charge in [-0.2, -0.15) is 5.26 Å². The van der Waals surface area contributed by atoms with E-state index in [1.54, 1.807) is 0 Å². The Kier molecular flexibility index (Phi) is 4.69. The predicted molar refractivity (Wildman–Crippen MR) is 63.3 cm³/mol. The van der Waals surface area contributed by atoms with Crippen molar-refractivity contribution in [3.05, 3.63) is 29.8 Å². The summed E-state index contributed by atoms with van der Waals surface area (Å²) in [5.41, 5.74) is 5.58. The highest BCUT2D eigenvalue weighted by atomic mass is 16.3. The fourth-order valence-electron chi connectivity index (χ4n) is 1.46. The van der Waals surface area contributed by atoms with Gasteiger partial charge in [-0.1, -0.05) is 12.1 Å². The number of rotatable bonds is 5. The number of amides is 2. The van der Waals surface area contributed by atoms with Gasteiger partial charge in [-0.25, -0.2) is 0 Å². The van der Waals surface area contributed by atoms with Crippen molar-refractivity contribution >= 4 is 11.8 Å². The Bertz CT molecular complexity index is 476. The molecule has 6 heteroatoms. The molecule has 0 aromatic heterocycles. The number of nitrogens with one attached hydrogen (secondary N) is 1. The fourth-order valence-corrected chi connectivity index (χ4v) is 1.46. The molecule has 4 N–H and O–H groups in total. The molecule has 0 aliphatic rings. The van der Waals surface area contributed by atoms with Crippen LogP contribution in [-0.2, 0) is 9.59 Å². The summed E-state index contributed by atoms with van der Waals surface area (Å²) in [7, 11) is 0. The van der Waals surface area contributed by atoms with Crippen LogP contribution in [0.15, 0.2) is 24.3 Å². The monoisotopic (exact) mass is 247 g/mol. The van der Waals surface area contributed by atoms with E-state index in [0.29, 0.717) is 5.56 Å². The summed E-state index contributed by atoms with van der Waals surface area (Å²) in [6.45, 7) is 0.164. The zero-order chi connectivity index (χ0) is 13.5. The molecule has 1 aromatic carbocycles. The number of hydrogen-bond donors (Lipinski definition) is 3. The molecule has 0 saturated carbocycles. The number of carbonyl (C=O) groups is 2. The first-order valence-electron chi connectivity index (χ1n) is 5.29. The molecule has 0 heterocycles. The SMILES string of the molecule is N#CCCNC(=O)C(C(N)=O)c1ccc(O)cc1. The second kappa shape index (κ2) is 6.25. The number of hydrogen-bond acceptors (Lipinski definition) is 4. The van der Waals surface area contributed by atoms with Crippen LogP contribution in [0.3, 0.4) is 0 Å². The van der Waals surface area contributed by atoms with Crippen molar-refractivity contribution in [1.29, 1.82) is 5.26 Å². The number of phenolic OH excluding ortho intramolecular Hbond substituents is 1. The number of nitriles is 1. The first-order valence-corrected chi connectivity index (χ1v) is 5.29. The van der Waals surface area contributed by atoms with E-state index < -0.39 is 17.7 Å². The lowest BCUT2D eigenvalue weighted by Gasteiger charge is -2.13. The molecule has 0 aliphatic heterocycles. The third-order valence-corrected chi connectivity index (χ3v) is 2.31. The first kappa shape index (κ1) is 13.5. The Balaban J connectivity index is 2.83. The zero-order valence-electron chi connectivity index (χ0n) is 9.59. The van der Waals surface area contributed by atoms with E-state index in [-0.39, 0.29) is 18.7 Å². The average molecular weight is 247 g/mol. The maximum Gasteiger partial charge on any atom is 0.237 e. The molecule has 0 bridgehead atoms. The van der Waals surface area contributed by atoms with Gasteiger partial charge in [0, 0.05) is 6.54 Å². The molecule has 0 spiro atoms. The second-order valence-electron chi connectivity index (χ2n) is 3.63. The molecular formula is C12H13N3O3. The van der Waals surface area contributed by atoms with Gasteiger partial charge in [-0.15, -0.1) is 0 Å². The fraction of sp³-hybridized carbons (Fsp3) is 0.250. The van der Waals surface area contributed by atoms with Gasteiger partial charge in [0.25, 0.3) is 0 Å². The van der Waals surface area contributed by atoms with Gasteiger partial charge >= 0.3 is 0 Å². The number of nitrogens with zero attached hydrogens (tertiary/aromatic N) is 1. The van der Waals surface area contributed by atoms with Crippen LogP contribution in [0, 0.1) is 11.3 Å². The highest BCUT2D eigenvalue weighted by molar-refractivity contribution is 6.05. The summed E-state index contributed by atoms with van der Waals surface area (Å²) in [6.07, 6.45) is 0.160. The van der Waals surface area contributed by atoms with Crippen LogP contribution in [0.2, 0.25) is 0 Å². The number of nitrogens with two attached hydrogens (primary N) is 1. The van der Waals surface area contributed by atoms with Gasteiger partial charge < -0.3 is 16.2 Å². The molecule has 1 rings (SSSR count). The normalized spacial score (nSPS) is 11.3. The van der Waals surface area contributed by atoms with Crippen LogP contribution in [0.4, 0.5) is 0 Å². The number of primary amides is 1. The summed E-state index contributed by atoms with van der Waals surface area (Å²) in [6, 6.07) is 7.52. The first-order chi connectivity index (χ1) is 8.56. The van der Waals surface area contributed by atoms with Crippen LogP contribution in [0.25, 0.3) is 0 Å². The molecule has 1 aromatic rings. The molecule has 0 radical (unpaired) electrons. The maximum atomic E-state index is 11.8. The number of aromatic hydroxyl groups is 1. The standard InChI is InChI=1S/C12H13N3O3/c13-6-1-7-15-12(18)10(11(14)17)8-2-4-9(16)5-3-8/h2-5,10,16H,1,7H2,(H2,14,17)(H,15,18). The number of phenols is 1. The van der Waals surface area contributed by atoms with E-state index in [9.17, 15) is 9.59 Å². The molecule has 1 unspecified atom stereocenters. The number of benzene rings is 1. The Labute approximate surface area is 104 Å². The van der Waals surface area contributed by atoms with Crippen molar-refractivity contribution < 1.29 is 14.7 Å². The predicted octanol–water partition coefficient (Wildman–Crippen LogP) is -0.00902.